The van der Waals surface area contributed by atoms with E-state index in [9.17, 15) is 9.59 Å². The minimum atomic E-state index is -2.50. The third-order valence-electron chi connectivity index (χ3n) is 4.32. The van der Waals surface area contributed by atoms with Crippen LogP contribution in [-0.2, 0) is 9.53 Å². The number of nitrogens with one attached hydrogen (secondary N) is 2. The quantitative estimate of drug-likeness (QED) is 0.736. The van der Waals surface area contributed by atoms with Crippen LogP contribution < -0.4 is 10.9 Å². The maximum atomic E-state index is 12.4. The summed E-state index contributed by atoms with van der Waals surface area (Å²) < 4.78 is 27.7. The summed E-state index contributed by atoms with van der Waals surface area (Å²) in [4.78, 5) is 35.9. The van der Waals surface area contributed by atoms with E-state index in [-0.39, 0.29) is 17.6 Å². The summed E-state index contributed by atoms with van der Waals surface area (Å²) in [5, 5.41) is 3.63. The van der Waals surface area contributed by atoms with Crippen molar-refractivity contribution >= 4 is 33.3 Å². The molecular formula is C18H18N4O3S. The number of aromatic amines is 1. The first-order valence-electron chi connectivity index (χ1n) is 9.70. The molecule has 1 aliphatic heterocycles. The van der Waals surface area contributed by atoms with Crippen molar-refractivity contribution in [3.63, 3.8) is 0 Å². The number of ether oxygens (including phenoxy) is 1. The molecule has 0 saturated carbocycles. The van der Waals surface area contributed by atoms with Crippen LogP contribution in [0.15, 0.2) is 29.2 Å². The summed E-state index contributed by atoms with van der Waals surface area (Å²) in [6.07, 6.45) is 3.02. The van der Waals surface area contributed by atoms with Gasteiger partial charge in [0.2, 0.25) is 5.91 Å². The van der Waals surface area contributed by atoms with Crippen molar-refractivity contribution in [2.75, 3.05) is 18.5 Å². The number of benzene rings is 1. The van der Waals surface area contributed by atoms with Crippen molar-refractivity contribution in [1.29, 1.82) is 0 Å². The van der Waals surface area contributed by atoms with Gasteiger partial charge in [-0.1, -0.05) is 17.4 Å². The molecule has 0 spiro atoms. The number of amides is 1. The number of H-pyrrole nitrogens is 1. The largest absolute Gasteiger partial charge is 0.381 e. The van der Waals surface area contributed by atoms with E-state index in [1.807, 2.05) is 0 Å². The molecule has 7 nitrogen and oxygen atoms in total. The first kappa shape index (κ1) is 13.6. The van der Waals surface area contributed by atoms with Gasteiger partial charge >= 0.3 is 0 Å². The molecule has 3 heterocycles. The van der Waals surface area contributed by atoms with Crippen LogP contribution in [-0.4, -0.2) is 34.1 Å². The molecule has 26 heavy (non-hydrogen) atoms. The molecular weight excluding hydrogens is 352 g/mol. The Morgan fingerprint density at radius 2 is 2.27 bits per heavy atom. The monoisotopic (exact) mass is 373 g/mol. The van der Waals surface area contributed by atoms with Gasteiger partial charge in [-0.2, -0.15) is 0 Å². The number of aryl methyl sites for hydroxylation is 1. The number of carbonyl (C=O) groups excluding carboxylic acids is 1. The fourth-order valence-electron chi connectivity index (χ4n) is 2.93. The predicted octanol–water partition coefficient (Wildman–Crippen LogP) is 2.72. The zero-order valence-electron chi connectivity index (χ0n) is 16.7. The minimum Gasteiger partial charge on any atom is -0.381 e. The highest BCUT2D eigenvalue weighted by Crippen LogP contribution is 2.30. The number of nitrogens with zero attached hydrogens (tertiary/aromatic N) is 2. The van der Waals surface area contributed by atoms with Crippen molar-refractivity contribution in [3.05, 3.63) is 40.6 Å². The van der Waals surface area contributed by atoms with Crippen molar-refractivity contribution in [2.24, 2.45) is 5.92 Å². The lowest BCUT2D eigenvalue weighted by Crippen LogP contribution is -2.28. The zero-order chi connectivity index (χ0) is 20.6. The van der Waals surface area contributed by atoms with Crippen LogP contribution in [0, 0.1) is 12.8 Å². The van der Waals surface area contributed by atoms with Gasteiger partial charge in [-0.15, -0.1) is 0 Å². The smallest absolute Gasteiger partial charge is 0.258 e. The van der Waals surface area contributed by atoms with Gasteiger partial charge < -0.3 is 15.0 Å². The van der Waals surface area contributed by atoms with Crippen molar-refractivity contribution in [3.8, 4) is 10.4 Å². The van der Waals surface area contributed by atoms with E-state index in [0.29, 0.717) is 42.1 Å². The normalized spacial score (nSPS) is 17.5. The molecule has 2 aromatic heterocycles. The second-order valence-electron chi connectivity index (χ2n) is 6.05. The summed E-state index contributed by atoms with van der Waals surface area (Å²) in [5.74, 6) is -0.491. The van der Waals surface area contributed by atoms with Crippen LogP contribution in [0.1, 0.15) is 22.8 Å². The van der Waals surface area contributed by atoms with Gasteiger partial charge in [-0.3, -0.25) is 9.59 Å². The highest BCUT2D eigenvalue weighted by atomic mass is 32.1. The zero-order valence-corrected chi connectivity index (χ0v) is 14.6. The number of hydrogen-bond acceptors (Lipinski definition) is 6. The third kappa shape index (κ3) is 3.38. The lowest BCUT2D eigenvalue weighted by Gasteiger charge is -2.20. The second kappa shape index (κ2) is 6.97. The Morgan fingerprint density at radius 1 is 1.42 bits per heavy atom. The Morgan fingerprint density at radius 3 is 3.08 bits per heavy atom. The lowest BCUT2D eigenvalue weighted by molar-refractivity contribution is -0.122. The molecule has 0 aliphatic carbocycles. The standard InChI is InChI=1S/C18H18N4O3S/c1-10-20-14-8-12(2-3-13(14)17(24)21-10)15-9-19-18(26-15)22-16(23)11-4-6-25-7-5-11/h2-3,8-9,11H,4-7H2,1H3,(H,19,22,23)(H,20,21,24)/i1D3. The first-order chi connectivity index (χ1) is 13.8. The van der Waals surface area contributed by atoms with E-state index in [0.717, 1.165) is 10.4 Å². The Balaban J connectivity index is 1.60. The van der Waals surface area contributed by atoms with Crippen LogP contribution in [0.5, 0.6) is 0 Å². The van der Waals surface area contributed by atoms with Crippen molar-refractivity contribution in [1.82, 2.24) is 15.0 Å². The van der Waals surface area contributed by atoms with Crippen LogP contribution in [0.25, 0.3) is 21.3 Å². The van der Waals surface area contributed by atoms with Crippen LogP contribution in [0.4, 0.5) is 5.13 Å². The number of hydrogen-bond donors (Lipinski definition) is 2. The topological polar surface area (TPSA) is 97.0 Å². The average molecular weight is 373 g/mol. The van der Waals surface area contributed by atoms with Crippen molar-refractivity contribution in [2.45, 2.75) is 19.7 Å². The van der Waals surface area contributed by atoms with Gasteiger partial charge in [0, 0.05) is 29.4 Å². The lowest BCUT2D eigenvalue weighted by atomic mass is 10.00. The van der Waals surface area contributed by atoms with E-state index in [4.69, 9.17) is 8.85 Å². The highest BCUT2D eigenvalue weighted by molar-refractivity contribution is 7.19. The van der Waals surface area contributed by atoms with Gasteiger partial charge in [0.15, 0.2) is 5.13 Å². The number of aromatic nitrogens is 3. The number of carbonyl (C=O) groups is 1. The third-order valence-corrected chi connectivity index (χ3v) is 5.28. The van der Waals surface area contributed by atoms with Gasteiger partial charge in [0.25, 0.3) is 5.56 Å². The Labute approximate surface area is 157 Å². The van der Waals surface area contributed by atoms with Gasteiger partial charge in [-0.05, 0) is 37.4 Å². The fraction of sp³-hybridized carbons (Fsp3) is 0.333. The fourth-order valence-corrected chi connectivity index (χ4v) is 3.74. The maximum absolute atomic E-state index is 12.4. The number of thiazole rings is 1. The first-order valence-corrected chi connectivity index (χ1v) is 9.02. The molecule has 8 heteroatoms. The molecule has 1 fully saturated rings. The average Bonchev–Trinajstić information content (AvgIpc) is 3.16. The predicted molar refractivity (Wildman–Crippen MR) is 100 cm³/mol. The van der Waals surface area contributed by atoms with Gasteiger partial charge in [-0.25, -0.2) is 9.97 Å². The van der Waals surface area contributed by atoms with Crippen LogP contribution in [0.3, 0.4) is 0 Å². The molecule has 0 atom stereocenters. The highest BCUT2D eigenvalue weighted by Gasteiger charge is 2.22. The van der Waals surface area contributed by atoms with Gasteiger partial charge in [0.05, 0.1) is 15.8 Å². The summed E-state index contributed by atoms with van der Waals surface area (Å²) >= 11 is 1.30. The second-order valence-corrected chi connectivity index (χ2v) is 7.08. The van der Waals surface area contributed by atoms with E-state index in [1.54, 1.807) is 24.4 Å². The molecule has 4 rings (SSSR count). The molecule has 1 aromatic carbocycles. The Bertz CT molecular complexity index is 1120. The van der Waals surface area contributed by atoms with Crippen molar-refractivity contribution < 1.29 is 13.6 Å². The maximum Gasteiger partial charge on any atom is 0.258 e. The number of anilines is 1. The Kier molecular flexibility index (Phi) is 3.65. The molecule has 1 amide bonds. The Hall–Kier alpha value is -2.58. The van der Waals surface area contributed by atoms with Gasteiger partial charge in [0.1, 0.15) is 5.82 Å². The SMILES string of the molecule is [2H]C([2H])([2H])c1nc2cc(-c3cnc(NC(=O)C4CCOCC4)s3)ccc2c(=O)[nH]1. The minimum absolute atomic E-state index is 0.0665. The van der Waals surface area contributed by atoms with E-state index in [1.165, 1.54) is 11.3 Å². The molecule has 0 unspecified atom stereocenters. The molecule has 134 valence electrons. The van der Waals surface area contributed by atoms with Crippen LogP contribution in [0.2, 0.25) is 0 Å². The summed E-state index contributed by atoms with van der Waals surface area (Å²) in [6, 6.07) is 4.99. The molecule has 1 aliphatic rings. The van der Waals surface area contributed by atoms with Crippen LogP contribution >= 0.6 is 11.3 Å². The summed E-state index contributed by atoms with van der Waals surface area (Å²) in [6.45, 7) is -1.33. The molecule has 3 aromatic rings. The van der Waals surface area contributed by atoms with E-state index >= 15 is 0 Å². The molecule has 1 saturated heterocycles. The van der Waals surface area contributed by atoms with E-state index < -0.39 is 12.4 Å². The summed E-state index contributed by atoms with van der Waals surface area (Å²) in [7, 11) is 0. The number of rotatable bonds is 3. The molecule has 2 N–H and O–H groups in total. The molecule has 0 bridgehead atoms. The molecule has 0 radical (unpaired) electrons. The summed E-state index contributed by atoms with van der Waals surface area (Å²) in [5.41, 5.74) is 0.524. The number of fused-ring (bicyclic) bond motifs is 1. The van der Waals surface area contributed by atoms with E-state index in [2.05, 4.69) is 20.3 Å².